The highest BCUT2D eigenvalue weighted by atomic mass is 19.1. The Labute approximate surface area is 79.8 Å². The molecule has 0 saturated carbocycles. The van der Waals surface area contributed by atoms with Crippen LogP contribution in [-0.4, -0.2) is 9.55 Å². The Kier molecular flexibility index (Phi) is 1.84. The van der Waals surface area contributed by atoms with Crippen molar-refractivity contribution < 1.29 is 4.39 Å². The molecular formula is C10H9FN2O. The number of hydrogen-bond donors (Lipinski definition) is 0. The molecule has 72 valence electrons. The maximum Gasteiger partial charge on any atom is 0.272 e. The Bertz CT molecular complexity index is 560. The molecule has 0 fully saturated rings. The topological polar surface area (TPSA) is 34.9 Å². The molecule has 0 unspecified atom stereocenters. The Morgan fingerprint density at radius 1 is 1.43 bits per heavy atom. The van der Waals surface area contributed by atoms with E-state index in [0.29, 0.717) is 16.7 Å². The first-order valence-corrected chi connectivity index (χ1v) is 4.22. The Morgan fingerprint density at radius 2 is 2.14 bits per heavy atom. The van der Waals surface area contributed by atoms with E-state index in [4.69, 9.17) is 0 Å². The van der Waals surface area contributed by atoms with Gasteiger partial charge in [0, 0.05) is 13.1 Å². The molecule has 1 aromatic heterocycles. The van der Waals surface area contributed by atoms with Gasteiger partial charge in [-0.1, -0.05) is 0 Å². The lowest BCUT2D eigenvalue weighted by Crippen LogP contribution is -2.21. The summed E-state index contributed by atoms with van der Waals surface area (Å²) >= 11 is 0. The van der Waals surface area contributed by atoms with Crippen LogP contribution in [0.2, 0.25) is 0 Å². The third kappa shape index (κ3) is 1.19. The van der Waals surface area contributed by atoms with Crippen molar-refractivity contribution in [3.63, 3.8) is 0 Å². The molecule has 0 spiro atoms. The van der Waals surface area contributed by atoms with E-state index in [2.05, 4.69) is 4.98 Å². The monoisotopic (exact) mass is 192 g/mol. The predicted molar refractivity (Wildman–Crippen MR) is 51.7 cm³/mol. The van der Waals surface area contributed by atoms with Gasteiger partial charge in [-0.2, -0.15) is 0 Å². The molecule has 0 bridgehead atoms. The highest BCUT2D eigenvalue weighted by molar-refractivity contribution is 5.74. The van der Waals surface area contributed by atoms with Crippen molar-refractivity contribution in [1.29, 1.82) is 0 Å². The van der Waals surface area contributed by atoms with Crippen LogP contribution in [0, 0.1) is 12.7 Å². The summed E-state index contributed by atoms with van der Waals surface area (Å²) in [5.41, 5.74) is 1.38. The Morgan fingerprint density at radius 3 is 2.86 bits per heavy atom. The van der Waals surface area contributed by atoms with Crippen LogP contribution < -0.4 is 5.56 Å². The quantitative estimate of drug-likeness (QED) is 0.632. The highest BCUT2D eigenvalue weighted by Gasteiger charge is 2.04. The summed E-state index contributed by atoms with van der Waals surface area (Å²) in [6.45, 7) is 1.62. The van der Waals surface area contributed by atoms with Crippen molar-refractivity contribution in [2.45, 2.75) is 6.92 Å². The average molecular weight is 192 g/mol. The smallest absolute Gasteiger partial charge is 0.272 e. The standard InChI is InChI=1S/C10H9FN2O/c1-6-10(14)13(2)9-4-3-7(11)5-8(9)12-6/h3-5H,1-2H3. The molecule has 0 aliphatic rings. The van der Waals surface area contributed by atoms with Crippen molar-refractivity contribution in [3.8, 4) is 0 Å². The number of fused-ring (bicyclic) bond motifs is 1. The van der Waals surface area contributed by atoms with Gasteiger partial charge in [0.15, 0.2) is 0 Å². The van der Waals surface area contributed by atoms with Gasteiger partial charge in [-0.05, 0) is 19.1 Å². The molecule has 3 nitrogen and oxygen atoms in total. The second kappa shape index (κ2) is 2.90. The molecule has 14 heavy (non-hydrogen) atoms. The molecule has 0 amide bonds. The third-order valence-corrected chi connectivity index (χ3v) is 2.20. The van der Waals surface area contributed by atoms with Crippen LogP contribution in [0.1, 0.15) is 5.69 Å². The first kappa shape index (κ1) is 8.87. The average Bonchev–Trinajstić information content (AvgIpc) is 2.14. The zero-order valence-electron chi connectivity index (χ0n) is 7.91. The number of aryl methyl sites for hydroxylation is 2. The van der Waals surface area contributed by atoms with Crippen molar-refractivity contribution in [3.05, 3.63) is 40.1 Å². The number of benzene rings is 1. The van der Waals surface area contributed by atoms with Crippen LogP contribution in [0.15, 0.2) is 23.0 Å². The fourth-order valence-corrected chi connectivity index (χ4v) is 1.45. The van der Waals surface area contributed by atoms with E-state index in [-0.39, 0.29) is 11.4 Å². The van der Waals surface area contributed by atoms with Crippen LogP contribution in [0.3, 0.4) is 0 Å². The summed E-state index contributed by atoms with van der Waals surface area (Å²) in [6, 6.07) is 4.19. The third-order valence-electron chi connectivity index (χ3n) is 2.20. The molecule has 1 heterocycles. The van der Waals surface area contributed by atoms with Gasteiger partial charge in [-0.25, -0.2) is 9.37 Å². The van der Waals surface area contributed by atoms with Crippen molar-refractivity contribution in [2.75, 3.05) is 0 Å². The second-order valence-electron chi connectivity index (χ2n) is 3.19. The van der Waals surface area contributed by atoms with Gasteiger partial charge in [-0.15, -0.1) is 0 Å². The zero-order valence-corrected chi connectivity index (χ0v) is 7.91. The zero-order chi connectivity index (χ0) is 10.3. The number of rotatable bonds is 0. The van der Waals surface area contributed by atoms with Crippen LogP contribution in [-0.2, 0) is 7.05 Å². The van der Waals surface area contributed by atoms with Gasteiger partial charge < -0.3 is 4.57 Å². The lowest BCUT2D eigenvalue weighted by atomic mass is 10.3. The van der Waals surface area contributed by atoms with E-state index in [9.17, 15) is 9.18 Å². The van der Waals surface area contributed by atoms with Gasteiger partial charge in [0.25, 0.3) is 5.56 Å². The predicted octanol–water partition coefficient (Wildman–Crippen LogP) is 1.38. The summed E-state index contributed by atoms with van der Waals surface area (Å²) in [5, 5.41) is 0. The molecule has 0 aliphatic carbocycles. The fraction of sp³-hybridized carbons (Fsp3) is 0.200. The molecule has 2 aromatic rings. The Hall–Kier alpha value is -1.71. The lowest BCUT2D eigenvalue weighted by molar-refractivity contribution is 0.628. The molecule has 2 rings (SSSR count). The van der Waals surface area contributed by atoms with E-state index in [1.807, 2.05) is 0 Å². The van der Waals surface area contributed by atoms with Gasteiger partial charge in [0.2, 0.25) is 0 Å². The van der Waals surface area contributed by atoms with E-state index in [1.54, 1.807) is 20.0 Å². The number of halogens is 1. The first-order valence-electron chi connectivity index (χ1n) is 4.22. The number of aromatic nitrogens is 2. The number of nitrogens with zero attached hydrogens (tertiary/aromatic N) is 2. The summed E-state index contributed by atoms with van der Waals surface area (Å²) in [4.78, 5) is 15.5. The molecular weight excluding hydrogens is 183 g/mol. The highest BCUT2D eigenvalue weighted by Crippen LogP contribution is 2.10. The summed E-state index contributed by atoms with van der Waals surface area (Å²) < 4.78 is 14.3. The van der Waals surface area contributed by atoms with Crippen LogP contribution in [0.5, 0.6) is 0 Å². The largest absolute Gasteiger partial charge is 0.308 e. The fourth-order valence-electron chi connectivity index (χ4n) is 1.45. The molecule has 0 saturated heterocycles. The minimum atomic E-state index is -0.344. The molecule has 0 radical (unpaired) electrons. The lowest BCUT2D eigenvalue weighted by Gasteiger charge is -2.04. The minimum absolute atomic E-state index is 0.149. The maximum absolute atomic E-state index is 12.9. The van der Waals surface area contributed by atoms with Crippen molar-refractivity contribution in [2.24, 2.45) is 7.05 Å². The first-order chi connectivity index (χ1) is 6.59. The van der Waals surface area contributed by atoms with Crippen LogP contribution >= 0.6 is 0 Å². The molecule has 1 aromatic carbocycles. The molecule has 0 atom stereocenters. The van der Waals surface area contributed by atoms with Gasteiger partial charge in [0.1, 0.15) is 11.5 Å². The van der Waals surface area contributed by atoms with Crippen LogP contribution in [0.25, 0.3) is 11.0 Å². The molecule has 0 aliphatic heterocycles. The van der Waals surface area contributed by atoms with E-state index < -0.39 is 0 Å². The summed E-state index contributed by atoms with van der Waals surface area (Å²) in [6.07, 6.45) is 0. The maximum atomic E-state index is 12.9. The van der Waals surface area contributed by atoms with Crippen LogP contribution in [0.4, 0.5) is 4.39 Å². The molecule has 4 heteroatoms. The Balaban J connectivity index is 2.98. The van der Waals surface area contributed by atoms with Crippen molar-refractivity contribution >= 4 is 11.0 Å². The number of hydrogen-bond acceptors (Lipinski definition) is 2. The summed E-state index contributed by atoms with van der Waals surface area (Å²) in [7, 11) is 1.65. The van der Waals surface area contributed by atoms with Gasteiger partial charge in [0.05, 0.1) is 11.0 Å². The molecule has 0 N–H and O–H groups in total. The van der Waals surface area contributed by atoms with Gasteiger partial charge >= 0.3 is 0 Å². The second-order valence-corrected chi connectivity index (χ2v) is 3.19. The van der Waals surface area contributed by atoms with Crippen molar-refractivity contribution in [1.82, 2.24) is 9.55 Å². The SMILES string of the molecule is Cc1nc2cc(F)ccc2n(C)c1=O. The summed E-state index contributed by atoms with van der Waals surface area (Å²) in [5.74, 6) is -0.344. The normalized spacial score (nSPS) is 10.8. The van der Waals surface area contributed by atoms with E-state index in [0.717, 1.165) is 0 Å². The van der Waals surface area contributed by atoms with E-state index in [1.165, 1.54) is 16.7 Å². The minimum Gasteiger partial charge on any atom is -0.308 e. The van der Waals surface area contributed by atoms with E-state index >= 15 is 0 Å². The van der Waals surface area contributed by atoms with Gasteiger partial charge in [-0.3, -0.25) is 4.79 Å².